The highest BCUT2D eigenvalue weighted by Gasteiger charge is 2.14. The molecule has 1 aliphatic rings. The van der Waals surface area contributed by atoms with Crippen LogP contribution in [-0.4, -0.2) is 27.4 Å². The summed E-state index contributed by atoms with van der Waals surface area (Å²) in [4.78, 5) is 0. The number of fused-ring (bicyclic) bond motifs is 1. The summed E-state index contributed by atoms with van der Waals surface area (Å²) in [6, 6.07) is 6.36. The number of hydrogen-bond donors (Lipinski definition) is 1. The van der Waals surface area contributed by atoms with Gasteiger partial charge in [-0.05, 0) is 12.1 Å². The molecule has 1 aromatic carbocycles. The summed E-state index contributed by atoms with van der Waals surface area (Å²) in [5.41, 5.74) is 0.356. The Morgan fingerprint density at radius 1 is 1.28 bits per heavy atom. The Hall–Kier alpha value is -1.94. The highest BCUT2D eigenvalue weighted by molar-refractivity contribution is 7.92. The van der Waals surface area contributed by atoms with E-state index in [4.69, 9.17) is 14.7 Å². The summed E-state index contributed by atoms with van der Waals surface area (Å²) in [6.45, 7) is 1.11. The molecule has 0 atom stereocenters. The van der Waals surface area contributed by atoms with E-state index in [0.29, 0.717) is 30.4 Å². The van der Waals surface area contributed by atoms with Crippen LogP contribution >= 0.6 is 0 Å². The van der Waals surface area contributed by atoms with Crippen molar-refractivity contribution in [2.24, 2.45) is 0 Å². The standard InChI is InChI=1S/C11H12N2O4S/c12-4-7-18(14,15)13-9-2-3-10-11(8-9)17-6-1-5-16-10/h2-3,8,13H,1,5-7H2. The fourth-order valence-corrected chi connectivity index (χ4v) is 2.26. The fraction of sp³-hybridized carbons (Fsp3) is 0.364. The van der Waals surface area contributed by atoms with Crippen LogP contribution in [-0.2, 0) is 10.0 Å². The Labute approximate surface area is 105 Å². The molecule has 1 aliphatic heterocycles. The van der Waals surface area contributed by atoms with E-state index in [9.17, 15) is 8.42 Å². The van der Waals surface area contributed by atoms with Crippen molar-refractivity contribution in [2.75, 3.05) is 23.7 Å². The van der Waals surface area contributed by atoms with Gasteiger partial charge in [0.1, 0.15) is 0 Å². The lowest BCUT2D eigenvalue weighted by molar-refractivity contribution is 0.297. The molecule has 96 valence electrons. The molecule has 0 spiro atoms. The van der Waals surface area contributed by atoms with Gasteiger partial charge in [-0.3, -0.25) is 4.72 Å². The minimum absolute atomic E-state index is 0.356. The Morgan fingerprint density at radius 3 is 2.72 bits per heavy atom. The van der Waals surface area contributed by atoms with Crippen molar-refractivity contribution < 1.29 is 17.9 Å². The predicted octanol–water partition coefficient (Wildman–Crippen LogP) is 1.11. The van der Waals surface area contributed by atoms with Gasteiger partial charge in [0.2, 0.25) is 10.0 Å². The second-order valence-corrected chi connectivity index (χ2v) is 5.45. The van der Waals surface area contributed by atoms with Crippen molar-refractivity contribution in [3.05, 3.63) is 18.2 Å². The van der Waals surface area contributed by atoms with Crippen molar-refractivity contribution in [3.63, 3.8) is 0 Å². The highest BCUT2D eigenvalue weighted by atomic mass is 32.2. The predicted molar refractivity (Wildman–Crippen MR) is 65.1 cm³/mol. The molecule has 1 N–H and O–H groups in total. The average Bonchev–Trinajstić information content (AvgIpc) is 2.52. The molecule has 18 heavy (non-hydrogen) atoms. The third-order valence-corrected chi connectivity index (χ3v) is 3.33. The van der Waals surface area contributed by atoms with Gasteiger partial charge in [-0.1, -0.05) is 0 Å². The lowest BCUT2D eigenvalue weighted by atomic mass is 10.3. The van der Waals surface area contributed by atoms with Crippen LogP contribution in [0.15, 0.2) is 18.2 Å². The Bertz CT molecular complexity index is 577. The second kappa shape index (κ2) is 5.14. The van der Waals surface area contributed by atoms with Crippen LogP contribution in [0.4, 0.5) is 5.69 Å². The molecule has 0 unspecified atom stereocenters. The molecular formula is C11H12N2O4S. The first-order chi connectivity index (χ1) is 8.61. The molecule has 6 nitrogen and oxygen atoms in total. The zero-order valence-electron chi connectivity index (χ0n) is 9.55. The second-order valence-electron chi connectivity index (χ2n) is 3.73. The van der Waals surface area contributed by atoms with E-state index in [1.54, 1.807) is 24.3 Å². The van der Waals surface area contributed by atoms with Crippen LogP contribution in [0.1, 0.15) is 6.42 Å². The topological polar surface area (TPSA) is 88.4 Å². The first-order valence-corrected chi connectivity index (χ1v) is 7.03. The number of ether oxygens (including phenoxy) is 2. The fourth-order valence-electron chi connectivity index (χ4n) is 1.53. The van der Waals surface area contributed by atoms with E-state index in [0.717, 1.165) is 6.42 Å². The number of nitrogens with one attached hydrogen (secondary N) is 1. The molecule has 0 aliphatic carbocycles. The third kappa shape index (κ3) is 3.05. The minimum atomic E-state index is -3.63. The smallest absolute Gasteiger partial charge is 0.246 e. The van der Waals surface area contributed by atoms with Crippen molar-refractivity contribution >= 4 is 15.7 Å². The Balaban J connectivity index is 2.21. The molecule has 0 aromatic heterocycles. The molecule has 0 bridgehead atoms. The van der Waals surface area contributed by atoms with Gasteiger partial charge < -0.3 is 9.47 Å². The van der Waals surface area contributed by atoms with E-state index in [2.05, 4.69) is 4.72 Å². The quantitative estimate of drug-likeness (QED) is 0.887. The molecule has 1 aromatic rings. The maximum Gasteiger partial charge on any atom is 0.246 e. The number of nitrogens with zero attached hydrogens (tertiary/aromatic N) is 1. The summed E-state index contributed by atoms with van der Waals surface area (Å²) >= 11 is 0. The van der Waals surface area contributed by atoms with Gasteiger partial charge in [-0.15, -0.1) is 0 Å². The number of anilines is 1. The zero-order valence-corrected chi connectivity index (χ0v) is 10.4. The lowest BCUT2D eigenvalue weighted by Gasteiger charge is -2.10. The molecular weight excluding hydrogens is 256 g/mol. The average molecular weight is 268 g/mol. The number of hydrogen-bond acceptors (Lipinski definition) is 5. The SMILES string of the molecule is N#CCS(=O)(=O)Nc1ccc2c(c1)OCCCO2. The summed E-state index contributed by atoms with van der Waals surface area (Å²) in [6.07, 6.45) is 0.782. The normalized spacial score (nSPS) is 14.4. The monoisotopic (exact) mass is 268 g/mol. The maximum absolute atomic E-state index is 11.4. The van der Waals surface area contributed by atoms with Crippen molar-refractivity contribution in [1.82, 2.24) is 0 Å². The third-order valence-electron chi connectivity index (χ3n) is 2.28. The van der Waals surface area contributed by atoms with E-state index < -0.39 is 15.8 Å². The maximum atomic E-state index is 11.4. The molecule has 1 heterocycles. The van der Waals surface area contributed by atoms with Gasteiger partial charge in [-0.2, -0.15) is 5.26 Å². The molecule has 0 saturated heterocycles. The van der Waals surface area contributed by atoms with Crippen LogP contribution in [0.3, 0.4) is 0 Å². The lowest BCUT2D eigenvalue weighted by Crippen LogP contribution is -2.15. The Kier molecular flexibility index (Phi) is 3.58. The summed E-state index contributed by atoms with van der Waals surface area (Å²) in [5, 5.41) is 8.40. The molecule has 7 heteroatoms. The van der Waals surface area contributed by atoms with Gasteiger partial charge in [0.25, 0.3) is 0 Å². The van der Waals surface area contributed by atoms with Crippen molar-refractivity contribution in [2.45, 2.75) is 6.42 Å². The van der Waals surface area contributed by atoms with Gasteiger partial charge in [0, 0.05) is 12.5 Å². The zero-order chi connectivity index (χ0) is 13.0. The largest absolute Gasteiger partial charge is 0.490 e. The highest BCUT2D eigenvalue weighted by Crippen LogP contribution is 2.32. The van der Waals surface area contributed by atoms with E-state index in [-0.39, 0.29) is 0 Å². The summed E-state index contributed by atoms with van der Waals surface area (Å²) in [5.74, 6) is 0.516. The summed E-state index contributed by atoms with van der Waals surface area (Å²) in [7, 11) is -3.63. The molecule has 0 fully saturated rings. The molecule has 0 saturated carbocycles. The van der Waals surface area contributed by atoms with E-state index >= 15 is 0 Å². The van der Waals surface area contributed by atoms with Gasteiger partial charge in [0.05, 0.1) is 25.0 Å². The number of rotatable bonds is 3. The van der Waals surface area contributed by atoms with Crippen LogP contribution in [0.2, 0.25) is 0 Å². The summed E-state index contributed by atoms with van der Waals surface area (Å²) < 4.78 is 36.0. The number of benzene rings is 1. The van der Waals surface area contributed by atoms with Gasteiger partial charge >= 0.3 is 0 Å². The Morgan fingerprint density at radius 2 is 2.00 bits per heavy atom. The van der Waals surface area contributed by atoms with Crippen LogP contribution < -0.4 is 14.2 Å². The van der Waals surface area contributed by atoms with Crippen molar-refractivity contribution in [3.8, 4) is 17.6 Å². The van der Waals surface area contributed by atoms with E-state index in [1.807, 2.05) is 0 Å². The molecule has 2 rings (SSSR count). The first-order valence-electron chi connectivity index (χ1n) is 5.38. The van der Waals surface area contributed by atoms with Gasteiger partial charge in [-0.25, -0.2) is 8.42 Å². The van der Waals surface area contributed by atoms with Crippen LogP contribution in [0.25, 0.3) is 0 Å². The number of nitriles is 1. The van der Waals surface area contributed by atoms with Crippen molar-refractivity contribution in [1.29, 1.82) is 5.26 Å². The number of sulfonamides is 1. The first kappa shape index (κ1) is 12.5. The van der Waals surface area contributed by atoms with Crippen LogP contribution in [0, 0.1) is 11.3 Å². The molecule has 0 radical (unpaired) electrons. The van der Waals surface area contributed by atoms with Gasteiger partial charge in [0.15, 0.2) is 17.3 Å². The van der Waals surface area contributed by atoms with E-state index in [1.165, 1.54) is 0 Å². The van der Waals surface area contributed by atoms with Crippen LogP contribution in [0.5, 0.6) is 11.5 Å². The molecule has 0 amide bonds. The minimum Gasteiger partial charge on any atom is -0.490 e.